The summed E-state index contributed by atoms with van der Waals surface area (Å²) in [7, 11) is -3.70. The molecule has 0 unspecified atom stereocenters. The lowest BCUT2D eigenvalue weighted by Gasteiger charge is -2.31. The van der Waals surface area contributed by atoms with Gasteiger partial charge in [-0.1, -0.05) is 70.4 Å². The predicted octanol–water partition coefficient (Wildman–Crippen LogP) is 5.00. The maximum atomic E-state index is 13.0. The number of nitrogens with zero attached hydrogens (tertiary/aromatic N) is 3. The number of aromatic nitrogens is 2. The Morgan fingerprint density at radius 2 is 1.85 bits per heavy atom. The largest absolute Gasteiger partial charge is 0.300 e. The van der Waals surface area contributed by atoms with E-state index in [1.165, 1.54) is 15.6 Å². The third kappa shape index (κ3) is 5.73. The molecule has 1 amide bonds. The van der Waals surface area contributed by atoms with Crippen LogP contribution in [-0.4, -0.2) is 41.9 Å². The number of carbonyl (C=O) groups excluding carboxylic acids is 1. The average molecular weight is 525 g/mol. The van der Waals surface area contributed by atoms with Crippen LogP contribution in [-0.2, 0) is 20.6 Å². The number of nitrogens with one attached hydrogen (secondary N) is 1. The summed E-state index contributed by atoms with van der Waals surface area (Å²) in [6.07, 6.45) is 1.17. The van der Waals surface area contributed by atoms with Crippen LogP contribution in [0.2, 0.25) is 10.0 Å². The summed E-state index contributed by atoms with van der Waals surface area (Å²) < 4.78 is 27.4. The zero-order valence-electron chi connectivity index (χ0n) is 17.8. The zero-order valence-corrected chi connectivity index (χ0v) is 20.9. The summed E-state index contributed by atoms with van der Waals surface area (Å²) in [4.78, 5) is 12.9. The summed E-state index contributed by atoms with van der Waals surface area (Å²) >= 11 is 13.6. The second-order valence-electron chi connectivity index (χ2n) is 7.92. The fraction of sp³-hybridized carbons (Fsp3) is 0.318. The average Bonchev–Trinajstić information content (AvgIpc) is 3.25. The van der Waals surface area contributed by atoms with Crippen LogP contribution in [0.5, 0.6) is 0 Å². The van der Waals surface area contributed by atoms with Gasteiger partial charge in [-0.05, 0) is 31.9 Å². The van der Waals surface area contributed by atoms with Crippen molar-refractivity contribution in [1.29, 1.82) is 0 Å². The molecule has 0 saturated carbocycles. The summed E-state index contributed by atoms with van der Waals surface area (Å²) in [5.41, 5.74) is 2.43. The Morgan fingerprint density at radius 1 is 1.15 bits per heavy atom. The van der Waals surface area contributed by atoms with E-state index in [0.717, 1.165) is 11.1 Å². The molecular weight excluding hydrogens is 503 g/mol. The van der Waals surface area contributed by atoms with Gasteiger partial charge in [-0.15, -0.1) is 10.2 Å². The molecule has 1 saturated heterocycles. The first-order chi connectivity index (χ1) is 15.7. The molecular formula is C22H22Cl2N4O3S2. The number of carbonyl (C=O) groups is 1. The van der Waals surface area contributed by atoms with E-state index in [-0.39, 0.29) is 18.2 Å². The van der Waals surface area contributed by atoms with E-state index in [1.807, 2.05) is 31.2 Å². The Bertz CT molecular complexity index is 1240. The SMILES string of the molecule is Cc1ccc(-c2nnc(NC(=O)[C@@H]3CCCN(S(=O)(=O)Cc4c(Cl)cccc4Cl)C3)s2)cc1. The highest BCUT2D eigenvalue weighted by Crippen LogP contribution is 2.30. The molecule has 0 spiro atoms. The molecule has 2 aromatic carbocycles. The van der Waals surface area contributed by atoms with Crippen LogP contribution in [0.4, 0.5) is 5.13 Å². The molecule has 11 heteroatoms. The molecule has 1 atom stereocenters. The van der Waals surface area contributed by atoms with Gasteiger partial charge in [0.2, 0.25) is 21.1 Å². The Hall–Kier alpha value is -2.04. The highest BCUT2D eigenvalue weighted by Gasteiger charge is 2.33. The quantitative estimate of drug-likeness (QED) is 0.489. The molecule has 1 N–H and O–H groups in total. The molecule has 33 heavy (non-hydrogen) atoms. The van der Waals surface area contributed by atoms with E-state index in [9.17, 15) is 13.2 Å². The normalized spacial score (nSPS) is 17.1. The van der Waals surface area contributed by atoms with Crippen LogP contribution in [0.1, 0.15) is 24.0 Å². The van der Waals surface area contributed by atoms with Crippen molar-refractivity contribution in [3.8, 4) is 10.6 Å². The van der Waals surface area contributed by atoms with E-state index in [2.05, 4.69) is 15.5 Å². The van der Waals surface area contributed by atoms with Crippen LogP contribution in [0.25, 0.3) is 10.6 Å². The van der Waals surface area contributed by atoms with Gasteiger partial charge in [0.1, 0.15) is 5.01 Å². The molecule has 3 aromatic rings. The summed E-state index contributed by atoms with van der Waals surface area (Å²) in [5.74, 6) is -1.06. The van der Waals surface area contributed by atoms with Gasteiger partial charge in [-0.25, -0.2) is 12.7 Å². The lowest BCUT2D eigenvalue weighted by molar-refractivity contribution is -0.120. The number of halogens is 2. The van der Waals surface area contributed by atoms with Crippen LogP contribution < -0.4 is 5.32 Å². The third-order valence-electron chi connectivity index (χ3n) is 5.49. The first kappa shape index (κ1) is 24.1. The van der Waals surface area contributed by atoms with Gasteiger partial charge in [-0.2, -0.15) is 0 Å². The second-order valence-corrected chi connectivity index (χ2v) is 11.7. The number of sulfonamides is 1. The van der Waals surface area contributed by atoms with Crippen LogP contribution in [0, 0.1) is 12.8 Å². The van der Waals surface area contributed by atoms with Gasteiger partial charge >= 0.3 is 0 Å². The number of rotatable bonds is 6. The van der Waals surface area contributed by atoms with E-state index in [1.54, 1.807) is 18.2 Å². The number of benzene rings is 2. The minimum Gasteiger partial charge on any atom is -0.300 e. The van der Waals surface area contributed by atoms with Gasteiger partial charge in [0.25, 0.3) is 0 Å². The van der Waals surface area contributed by atoms with Crippen molar-refractivity contribution in [1.82, 2.24) is 14.5 Å². The van der Waals surface area contributed by atoms with Crippen molar-refractivity contribution in [2.75, 3.05) is 18.4 Å². The molecule has 1 aliphatic heterocycles. The standard InChI is InChI=1S/C22H22Cl2N4O3S2/c1-14-7-9-15(10-8-14)21-26-27-22(32-21)25-20(29)16-4-3-11-28(12-16)33(30,31)13-17-18(23)5-2-6-19(17)24/h2,5-10,16H,3-4,11-13H2,1H3,(H,25,27,29)/t16-/m1/s1. The fourth-order valence-electron chi connectivity index (χ4n) is 3.65. The number of piperidine rings is 1. The second kappa shape index (κ2) is 10.1. The van der Waals surface area contributed by atoms with Gasteiger partial charge in [0.05, 0.1) is 11.7 Å². The lowest BCUT2D eigenvalue weighted by atomic mass is 9.99. The molecule has 1 aromatic heterocycles. The smallest absolute Gasteiger partial charge is 0.230 e. The molecule has 0 bridgehead atoms. The molecule has 1 aliphatic rings. The summed E-state index contributed by atoms with van der Waals surface area (Å²) in [6, 6.07) is 12.8. The number of hydrogen-bond acceptors (Lipinski definition) is 6. The number of hydrogen-bond donors (Lipinski definition) is 1. The first-order valence-corrected chi connectivity index (χ1v) is 13.5. The van der Waals surface area contributed by atoms with Crippen molar-refractivity contribution >= 4 is 55.6 Å². The van der Waals surface area contributed by atoms with Crippen molar-refractivity contribution in [3.63, 3.8) is 0 Å². The number of amides is 1. The van der Waals surface area contributed by atoms with Crippen molar-refractivity contribution in [3.05, 3.63) is 63.6 Å². The minimum atomic E-state index is -3.70. The first-order valence-electron chi connectivity index (χ1n) is 10.3. The molecule has 174 valence electrons. The fourth-order valence-corrected chi connectivity index (χ4v) is 6.76. The number of anilines is 1. The van der Waals surface area contributed by atoms with Crippen molar-refractivity contribution in [2.24, 2.45) is 5.92 Å². The van der Waals surface area contributed by atoms with Gasteiger partial charge in [0, 0.05) is 34.3 Å². The summed E-state index contributed by atoms with van der Waals surface area (Å²) in [5, 5.41) is 12.7. The maximum Gasteiger partial charge on any atom is 0.230 e. The highest BCUT2D eigenvalue weighted by atomic mass is 35.5. The van der Waals surface area contributed by atoms with E-state index >= 15 is 0 Å². The van der Waals surface area contributed by atoms with Crippen molar-refractivity contribution in [2.45, 2.75) is 25.5 Å². The maximum absolute atomic E-state index is 13.0. The van der Waals surface area contributed by atoms with Gasteiger partial charge < -0.3 is 5.32 Å². The molecule has 2 heterocycles. The van der Waals surface area contributed by atoms with Crippen LogP contribution >= 0.6 is 34.5 Å². The van der Waals surface area contributed by atoms with Gasteiger partial charge in [0.15, 0.2) is 0 Å². The van der Waals surface area contributed by atoms with Gasteiger partial charge in [-0.3, -0.25) is 4.79 Å². The Balaban J connectivity index is 1.42. The van der Waals surface area contributed by atoms with Crippen LogP contribution in [0.3, 0.4) is 0 Å². The van der Waals surface area contributed by atoms with Crippen molar-refractivity contribution < 1.29 is 13.2 Å². The molecule has 0 radical (unpaired) electrons. The Morgan fingerprint density at radius 3 is 2.55 bits per heavy atom. The van der Waals surface area contributed by atoms with Crippen LogP contribution in [0.15, 0.2) is 42.5 Å². The summed E-state index contributed by atoms with van der Waals surface area (Å²) in [6.45, 7) is 2.46. The Labute approximate surface area is 206 Å². The zero-order chi connectivity index (χ0) is 23.6. The molecule has 4 rings (SSSR count). The molecule has 7 nitrogen and oxygen atoms in total. The van der Waals surface area contributed by atoms with E-state index < -0.39 is 15.9 Å². The molecule has 1 fully saturated rings. The monoisotopic (exact) mass is 524 g/mol. The van der Waals surface area contributed by atoms with E-state index in [0.29, 0.717) is 45.1 Å². The van der Waals surface area contributed by atoms with E-state index in [4.69, 9.17) is 23.2 Å². The minimum absolute atomic E-state index is 0.0971. The number of aryl methyl sites for hydroxylation is 1. The lowest BCUT2D eigenvalue weighted by Crippen LogP contribution is -2.44. The molecule has 0 aliphatic carbocycles. The topological polar surface area (TPSA) is 92.3 Å². The highest BCUT2D eigenvalue weighted by molar-refractivity contribution is 7.88. The third-order valence-corrected chi connectivity index (χ3v) is 8.86. The Kier molecular flexibility index (Phi) is 7.35. The predicted molar refractivity (Wildman–Crippen MR) is 132 cm³/mol.